The minimum Gasteiger partial charge on any atom is -0.611 e. The first-order chi connectivity index (χ1) is 15.2. The van der Waals surface area contributed by atoms with E-state index in [1.54, 1.807) is 36.5 Å². The molecule has 0 radical (unpaired) electrons. The number of nitriles is 1. The van der Waals surface area contributed by atoms with Gasteiger partial charge in [0.1, 0.15) is 16.1 Å². The van der Waals surface area contributed by atoms with Crippen LogP contribution in [0, 0.1) is 22.7 Å². The minimum absolute atomic E-state index is 0.0406. The summed E-state index contributed by atoms with van der Waals surface area (Å²) >= 11 is -1.15. The van der Waals surface area contributed by atoms with Crippen LogP contribution in [-0.2, 0) is 11.2 Å². The van der Waals surface area contributed by atoms with Crippen molar-refractivity contribution in [3.05, 3.63) is 52.4 Å². The maximum Gasteiger partial charge on any atom is 0.261 e. The molecule has 1 aromatic carbocycles. The molecule has 0 saturated heterocycles. The van der Waals surface area contributed by atoms with Gasteiger partial charge < -0.3 is 20.2 Å². The summed E-state index contributed by atoms with van der Waals surface area (Å²) in [5, 5.41) is 24.5. The number of benzene rings is 1. The number of H-pyrrole nitrogens is 1. The number of anilines is 2. The summed E-state index contributed by atoms with van der Waals surface area (Å²) < 4.78 is 12.2. The Morgan fingerprint density at radius 1 is 1.19 bits per heavy atom. The SMILES string of the molecule is CC(C)(C)[S+]([O-])c1ccc(NC(=N)c2c(N[C@H]3CCCCC[C@H]3C#N)cc[nH]c2=O)cc1. The Kier molecular flexibility index (Phi) is 7.64. The number of nitrogens with zero attached hydrogens (tertiary/aromatic N) is 1. The third kappa shape index (κ3) is 5.72. The molecule has 4 N–H and O–H groups in total. The highest BCUT2D eigenvalue weighted by molar-refractivity contribution is 7.92. The van der Waals surface area contributed by atoms with Gasteiger partial charge in [-0.1, -0.05) is 19.3 Å². The van der Waals surface area contributed by atoms with Gasteiger partial charge >= 0.3 is 0 Å². The second-order valence-electron chi connectivity index (χ2n) is 9.13. The molecule has 0 spiro atoms. The normalized spacial score (nSPS) is 20.0. The zero-order chi connectivity index (χ0) is 23.3. The van der Waals surface area contributed by atoms with E-state index in [0.29, 0.717) is 16.3 Å². The standard InChI is InChI=1S/C24H31N5O2S/c1-24(2,3)32(31)18-11-9-17(10-12-18)28-22(26)21-20(13-14-27-23(21)30)29-19-8-6-4-5-7-16(19)15-25/h9-14,16,19H,4-8H2,1-3H3,(H2,26,28)(H2,27,29,30)/t16-,19-,32?/m0/s1. The van der Waals surface area contributed by atoms with E-state index in [2.05, 4.69) is 21.7 Å². The van der Waals surface area contributed by atoms with Crippen molar-refractivity contribution >= 4 is 28.4 Å². The van der Waals surface area contributed by atoms with Crippen LogP contribution in [0.4, 0.5) is 11.4 Å². The van der Waals surface area contributed by atoms with E-state index in [9.17, 15) is 14.6 Å². The predicted molar refractivity (Wildman–Crippen MR) is 130 cm³/mol. The number of hydrogen-bond acceptors (Lipinski definition) is 5. The molecule has 8 heteroatoms. The van der Waals surface area contributed by atoms with Crippen molar-refractivity contribution in [2.45, 2.75) is 68.6 Å². The largest absolute Gasteiger partial charge is 0.611 e. The lowest BCUT2D eigenvalue weighted by Crippen LogP contribution is -2.31. The van der Waals surface area contributed by atoms with Gasteiger partial charge in [-0.25, -0.2) is 0 Å². The second kappa shape index (κ2) is 10.2. The highest BCUT2D eigenvalue weighted by atomic mass is 32.2. The van der Waals surface area contributed by atoms with Crippen molar-refractivity contribution in [2.24, 2.45) is 5.92 Å². The predicted octanol–water partition coefficient (Wildman–Crippen LogP) is 4.60. The summed E-state index contributed by atoms with van der Waals surface area (Å²) in [6.07, 6.45) is 6.42. The molecule has 7 nitrogen and oxygen atoms in total. The van der Waals surface area contributed by atoms with Crippen molar-refractivity contribution in [3.8, 4) is 6.07 Å². The highest BCUT2D eigenvalue weighted by Crippen LogP contribution is 2.28. The third-order valence-electron chi connectivity index (χ3n) is 5.63. The lowest BCUT2D eigenvalue weighted by molar-refractivity contribution is 0.514. The summed E-state index contributed by atoms with van der Waals surface area (Å²) in [7, 11) is 0. The lowest BCUT2D eigenvalue weighted by atomic mass is 9.96. The Hall–Kier alpha value is -2.76. The van der Waals surface area contributed by atoms with Crippen molar-refractivity contribution in [3.63, 3.8) is 0 Å². The van der Waals surface area contributed by atoms with Crippen LogP contribution >= 0.6 is 0 Å². The molecule has 1 aromatic heterocycles. The first kappa shape index (κ1) is 23.9. The van der Waals surface area contributed by atoms with Crippen molar-refractivity contribution < 1.29 is 4.55 Å². The summed E-state index contributed by atoms with van der Waals surface area (Å²) in [6.45, 7) is 5.77. The van der Waals surface area contributed by atoms with Gasteiger partial charge in [-0.05, 0) is 75.1 Å². The molecule has 1 saturated carbocycles. The molecule has 1 aliphatic rings. The van der Waals surface area contributed by atoms with Gasteiger partial charge in [-0.2, -0.15) is 5.26 Å². The maximum absolute atomic E-state index is 12.6. The summed E-state index contributed by atoms with van der Waals surface area (Å²) in [5.41, 5.74) is 1.00. The molecule has 0 bridgehead atoms. The van der Waals surface area contributed by atoms with Gasteiger partial charge in [-0.3, -0.25) is 10.2 Å². The van der Waals surface area contributed by atoms with Crippen LogP contribution in [0.25, 0.3) is 0 Å². The Morgan fingerprint density at radius 2 is 1.88 bits per heavy atom. The van der Waals surface area contributed by atoms with E-state index in [0.717, 1.165) is 32.1 Å². The van der Waals surface area contributed by atoms with Crippen LogP contribution < -0.4 is 16.2 Å². The molecule has 0 aliphatic heterocycles. The molecular formula is C24H31N5O2S. The number of pyridine rings is 1. The molecule has 1 heterocycles. The average Bonchev–Trinajstić information content (AvgIpc) is 2.98. The van der Waals surface area contributed by atoms with E-state index in [4.69, 9.17) is 5.41 Å². The quantitative estimate of drug-likeness (QED) is 0.228. The summed E-state index contributed by atoms with van der Waals surface area (Å²) in [4.78, 5) is 16.0. The first-order valence-corrected chi connectivity index (χ1v) is 12.1. The Labute approximate surface area is 192 Å². The number of aromatic nitrogens is 1. The van der Waals surface area contributed by atoms with Crippen molar-refractivity contribution in [1.82, 2.24) is 4.98 Å². The smallest absolute Gasteiger partial charge is 0.261 e. The van der Waals surface area contributed by atoms with Crippen LogP contribution in [0.15, 0.2) is 46.2 Å². The van der Waals surface area contributed by atoms with Gasteiger partial charge in [0.25, 0.3) is 5.56 Å². The monoisotopic (exact) mass is 453 g/mol. The Morgan fingerprint density at radius 3 is 2.53 bits per heavy atom. The summed E-state index contributed by atoms with van der Waals surface area (Å²) in [6, 6.07) is 11.1. The number of aromatic amines is 1. The van der Waals surface area contributed by atoms with Crippen LogP contribution in [0.2, 0.25) is 0 Å². The number of rotatable bonds is 5. The van der Waals surface area contributed by atoms with Gasteiger partial charge in [0, 0.05) is 17.9 Å². The Bertz CT molecular complexity index is 1040. The van der Waals surface area contributed by atoms with Gasteiger partial charge in [0.15, 0.2) is 4.90 Å². The van der Waals surface area contributed by atoms with E-state index in [1.165, 1.54) is 0 Å². The third-order valence-corrected chi connectivity index (χ3v) is 7.44. The first-order valence-electron chi connectivity index (χ1n) is 11.0. The number of amidine groups is 1. The molecule has 1 fully saturated rings. The van der Waals surface area contributed by atoms with Crippen LogP contribution in [0.3, 0.4) is 0 Å². The Balaban J connectivity index is 1.80. The topological polar surface area (TPSA) is 128 Å². The molecule has 0 amide bonds. The van der Waals surface area contributed by atoms with Gasteiger partial charge in [-0.15, -0.1) is 0 Å². The molecule has 3 atom stereocenters. The van der Waals surface area contributed by atoms with E-state index < -0.39 is 11.2 Å². The average molecular weight is 454 g/mol. The summed E-state index contributed by atoms with van der Waals surface area (Å²) in [5.74, 6) is -0.163. The molecule has 1 aliphatic carbocycles. The van der Waals surface area contributed by atoms with Crippen LogP contribution in [0.1, 0.15) is 58.4 Å². The molecular weight excluding hydrogens is 422 g/mol. The van der Waals surface area contributed by atoms with Crippen molar-refractivity contribution in [1.29, 1.82) is 10.7 Å². The van der Waals surface area contributed by atoms with Gasteiger partial charge in [0.05, 0.1) is 17.7 Å². The molecule has 32 heavy (non-hydrogen) atoms. The zero-order valence-electron chi connectivity index (χ0n) is 18.8. The van der Waals surface area contributed by atoms with E-state index in [-0.39, 0.29) is 33.7 Å². The van der Waals surface area contributed by atoms with E-state index >= 15 is 0 Å². The molecule has 1 unspecified atom stereocenters. The number of hydrogen-bond donors (Lipinski definition) is 4. The zero-order valence-corrected chi connectivity index (χ0v) is 19.6. The molecule has 170 valence electrons. The lowest BCUT2D eigenvalue weighted by Gasteiger charge is -2.24. The molecule has 3 rings (SSSR count). The highest BCUT2D eigenvalue weighted by Gasteiger charge is 2.28. The molecule has 2 aromatic rings. The van der Waals surface area contributed by atoms with Crippen LogP contribution in [-0.4, -0.2) is 26.2 Å². The number of nitrogens with one attached hydrogen (secondary N) is 4. The minimum atomic E-state index is -1.15. The fraction of sp³-hybridized carbons (Fsp3) is 0.458. The van der Waals surface area contributed by atoms with Gasteiger partial charge in [0.2, 0.25) is 0 Å². The van der Waals surface area contributed by atoms with Crippen molar-refractivity contribution in [2.75, 3.05) is 10.6 Å². The maximum atomic E-state index is 12.6. The van der Waals surface area contributed by atoms with E-state index in [1.807, 2.05) is 20.8 Å². The second-order valence-corrected chi connectivity index (χ2v) is 11.4. The van der Waals surface area contributed by atoms with Crippen LogP contribution in [0.5, 0.6) is 0 Å². The fourth-order valence-electron chi connectivity index (χ4n) is 3.90. The fourth-order valence-corrected chi connectivity index (χ4v) is 4.99.